The number of anilines is 1. The van der Waals surface area contributed by atoms with Gasteiger partial charge in [-0.1, -0.05) is 42.5 Å². The van der Waals surface area contributed by atoms with Gasteiger partial charge in [-0.3, -0.25) is 4.68 Å². The lowest BCUT2D eigenvalue weighted by Crippen LogP contribution is -2.21. The molecule has 2 aromatic carbocycles. The van der Waals surface area contributed by atoms with E-state index in [1.807, 2.05) is 24.1 Å². The van der Waals surface area contributed by atoms with Crippen LogP contribution >= 0.6 is 0 Å². The summed E-state index contributed by atoms with van der Waals surface area (Å²) < 4.78 is 1.83. The van der Waals surface area contributed by atoms with Gasteiger partial charge in [-0.2, -0.15) is 5.10 Å². The molecular formula is C19H21N3. The maximum Gasteiger partial charge on any atom is 0.0568 e. The first-order valence-corrected chi connectivity index (χ1v) is 7.64. The number of rotatable bonds is 5. The van der Waals surface area contributed by atoms with Gasteiger partial charge in [0.15, 0.2) is 0 Å². The van der Waals surface area contributed by atoms with Crippen molar-refractivity contribution in [2.45, 2.75) is 13.5 Å². The van der Waals surface area contributed by atoms with E-state index in [4.69, 9.17) is 0 Å². The Morgan fingerprint density at radius 2 is 1.68 bits per heavy atom. The van der Waals surface area contributed by atoms with E-state index in [0.29, 0.717) is 0 Å². The van der Waals surface area contributed by atoms with Crippen molar-refractivity contribution < 1.29 is 0 Å². The Labute approximate surface area is 131 Å². The van der Waals surface area contributed by atoms with Crippen LogP contribution in [0.25, 0.3) is 11.1 Å². The second-order valence-electron chi connectivity index (χ2n) is 5.45. The fourth-order valence-electron chi connectivity index (χ4n) is 2.62. The standard InChI is InChI=1S/C19H21N3/c1-3-22(14-16-7-5-4-6-8-16)19-11-9-17(10-12-19)18-13-20-21(2)15-18/h4-13,15H,3,14H2,1-2H3. The highest BCUT2D eigenvalue weighted by atomic mass is 15.2. The van der Waals surface area contributed by atoms with Gasteiger partial charge in [-0.25, -0.2) is 0 Å². The first-order chi connectivity index (χ1) is 10.8. The molecule has 3 rings (SSSR count). The van der Waals surface area contributed by atoms with Crippen LogP contribution in [0, 0.1) is 0 Å². The van der Waals surface area contributed by atoms with Crippen LogP contribution in [-0.4, -0.2) is 16.3 Å². The summed E-state index contributed by atoms with van der Waals surface area (Å²) in [5.74, 6) is 0. The zero-order valence-corrected chi connectivity index (χ0v) is 13.1. The third kappa shape index (κ3) is 3.19. The van der Waals surface area contributed by atoms with Gasteiger partial charge in [0, 0.05) is 37.6 Å². The van der Waals surface area contributed by atoms with Crippen molar-refractivity contribution in [3.8, 4) is 11.1 Å². The number of aromatic nitrogens is 2. The van der Waals surface area contributed by atoms with Crippen molar-refractivity contribution in [3.05, 3.63) is 72.6 Å². The van der Waals surface area contributed by atoms with Crippen molar-refractivity contribution in [2.75, 3.05) is 11.4 Å². The molecule has 0 atom stereocenters. The summed E-state index contributed by atoms with van der Waals surface area (Å²) in [5.41, 5.74) is 4.94. The Morgan fingerprint density at radius 1 is 0.955 bits per heavy atom. The van der Waals surface area contributed by atoms with Crippen LogP contribution in [-0.2, 0) is 13.6 Å². The Balaban J connectivity index is 1.78. The lowest BCUT2D eigenvalue weighted by atomic mass is 10.1. The molecule has 0 radical (unpaired) electrons. The predicted molar refractivity (Wildman–Crippen MR) is 91.8 cm³/mol. The summed E-state index contributed by atoms with van der Waals surface area (Å²) in [4.78, 5) is 2.38. The van der Waals surface area contributed by atoms with Crippen LogP contribution in [0.4, 0.5) is 5.69 Å². The largest absolute Gasteiger partial charge is 0.367 e. The molecule has 0 N–H and O–H groups in total. The van der Waals surface area contributed by atoms with Gasteiger partial charge in [0.25, 0.3) is 0 Å². The highest BCUT2D eigenvalue weighted by molar-refractivity contribution is 5.65. The maximum absolute atomic E-state index is 4.23. The number of nitrogens with zero attached hydrogens (tertiary/aromatic N) is 3. The molecule has 22 heavy (non-hydrogen) atoms. The monoisotopic (exact) mass is 291 g/mol. The lowest BCUT2D eigenvalue weighted by Gasteiger charge is -2.23. The molecular weight excluding hydrogens is 270 g/mol. The molecule has 112 valence electrons. The van der Waals surface area contributed by atoms with E-state index in [1.165, 1.54) is 16.8 Å². The average Bonchev–Trinajstić information content (AvgIpc) is 3.00. The molecule has 0 aliphatic carbocycles. The SMILES string of the molecule is CCN(Cc1ccccc1)c1ccc(-c2cnn(C)c2)cc1. The van der Waals surface area contributed by atoms with Crippen LogP contribution in [0.1, 0.15) is 12.5 Å². The molecule has 0 aliphatic heterocycles. The number of hydrogen-bond donors (Lipinski definition) is 0. The van der Waals surface area contributed by atoms with E-state index in [-0.39, 0.29) is 0 Å². The highest BCUT2D eigenvalue weighted by Gasteiger charge is 2.06. The average molecular weight is 291 g/mol. The third-order valence-corrected chi connectivity index (χ3v) is 3.87. The van der Waals surface area contributed by atoms with E-state index in [9.17, 15) is 0 Å². The molecule has 3 nitrogen and oxygen atoms in total. The summed E-state index contributed by atoms with van der Waals surface area (Å²) in [6.07, 6.45) is 3.94. The second kappa shape index (κ2) is 6.48. The van der Waals surface area contributed by atoms with Gasteiger partial charge in [0.05, 0.1) is 6.20 Å². The topological polar surface area (TPSA) is 21.1 Å². The summed E-state index contributed by atoms with van der Waals surface area (Å²) in [7, 11) is 1.94. The van der Waals surface area contributed by atoms with Crippen molar-refractivity contribution in [3.63, 3.8) is 0 Å². The molecule has 0 fully saturated rings. The van der Waals surface area contributed by atoms with Gasteiger partial charge in [0.1, 0.15) is 0 Å². The minimum absolute atomic E-state index is 0.934. The van der Waals surface area contributed by atoms with Gasteiger partial charge in [-0.05, 0) is 30.2 Å². The molecule has 0 aliphatic rings. The second-order valence-corrected chi connectivity index (χ2v) is 5.45. The molecule has 1 heterocycles. The smallest absolute Gasteiger partial charge is 0.0568 e. The van der Waals surface area contributed by atoms with Gasteiger partial charge < -0.3 is 4.90 Å². The van der Waals surface area contributed by atoms with Crippen molar-refractivity contribution in [1.29, 1.82) is 0 Å². The Kier molecular flexibility index (Phi) is 4.24. The first-order valence-electron chi connectivity index (χ1n) is 7.64. The van der Waals surface area contributed by atoms with Crippen LogP contribution in [0.3, 0.4) is 0 Å². The van der Waals surface area contributed by atoms with Gasteiger partial charge >= 0.3 is 0 Å². The maximum atomic E-state index is 4.23. The summed E-state index contributed by atoms with van der Waals surface area (Å²) in [5, 5.41) is 4.23. The summed E-state index contributed by atoms with van der Waals surface area (Å²) in [6.45, 7) is 4.11. The normalized spacial score (nSPS) is 10.6. The quantitative estimate of drug-likeness (QED) is 0.705. The molecule has 3 aromatic rings. The van der Waals surface area contributed by atoms with E-state index in [2.05, 4.69) is 71.5 Å². The molecule has 0 amide bonds. The summed E-state index contributed by atoms with van der Waals surface area (Å²) in [6, 6.07) is 19.3. The van der Waals surface area contributed by atoms with Crippen molar-refractivity contribution in [2.24, 2.45) is 7.05 Å². The molecule has 0 bridgehead atoms. The Bertz CT molecular complexity index is 714. The zero-order valence-electron chi connectivity index (χ0n) is 13.1. The highest BCUT2D eigenvalue weighted by Crippen LogP contribution is 2.23. The minimum atomic E-state index is 0.934. The Hall–Kier alpha value is -2.55. The fourth-order valence-corrected chi connectivity index (χ4v) is 2.62. The number of benzene rings is 2. The number of aryl methyl sites for hydroxylation is 1. The van der Waals surface area contributed by atoms with Gasteiger partial charge in [-0.15, -0.1) is 0 Å². The number of hydrogen-bond acceptors (Lipinski definition) is 2. The molecule has 0 saturated carbocycles. The molecule has 3 heteroatoms. The van der Waals surface area contributed by atoms with Crippen LogP contribution in [0.5, 0.6) is 0 Å². The van der Waals surface area contributed by atoms with E-state index in [1.54, 1.807) is 0 Å². The van der Waals surface area contributed by atoms with Gasteiger partial charge in [0.2, 0.25) is 0 Å². The van der Waals surface area contributed by atoms with Crippen molar-refractivity contribution >= 4 is 5.69 Å². The minimum Gasteiger partial charge on any atom is -0.367 e. The fraction of sp³-hybridized carbons (Fsp3) is 0.211. The van der Waals surface area contributed by atoms with E-state index < -0.39 is 0 Å². The molecule has 0 spiro atoms. The molecule has 0 unspecified atom stereocenters. The van der Waals surface area contributed by atoms with Crippen LogP contribution in [0.2, 0.25) is 0 Å². The lowest BCUT2D eigenvalue weighted by molar-refractivity contribution is 0.768. The van der Waals surface area contributed by atoms with Crippen LogP contribution in [0.15, 0.2) is 67.0 Å². The molecule has 0 saturated heterocycles. The zero-order chi connectivity index (χ0) is 15.4. The first kappa shape index (κ1) is 14.4. The van der Waals surface area contributed by atoms with E-state index in [0.717, 1.165) is 18.7 Å². The van der Waals surface area contributed by atoms with Crippen molar-refractivity contribution in [1.82, 2.24) is 9.78 Å². The van der Waals surface area contributed by atoms with E-state index >= 15 is 0 Å². The Morgan fingerprint density at radius 3 is 2.27 bits per heavy atom. The summed E-state index contributed by atoms with van der Waals surface area (Å²) >= 11 is 0. The molecule has 1 aromatic heterocycles. The van der Waals surface area contributed by atoms with Crippen LogP contribution < -0.4 is 4.90 Å². The third-order valence-electron chi connectivity index (χ3n) is 3.87. The predicted octanol–water partition coefficient (Wildman–Crippen LogP) is 4.11.